The van der Waals surface area contributed by atoms with Gasteiger partial charge in [0.25, 0.3) is 0 Å². The average molecular weight is 394 g/mol. The summed E-state index contributed by atoms with van der Waals surface area (Å²) in [5.41, 5.74) is 4.55. The molecule has 1 fully saturated rings. The third-order valence-electron chi connectivity index (χ3n) is 4.93. The van der Waals surface area contributed by atoms with Gasteiger partial charge in [-0.2, -0.15) is 0 Å². The highest BCUT2D eigenvalue weighted by atomic mass is 19.1. The lowest BCUT2D eigenvalue weighted by Gasteiger charge is -2.43. The highest BCUT2D eigenvalue weighted by molar-refractivity contribution is 5.86. The van der Waals surface area contributed by atoms with Crippen LogP contribution in [0.3, 0.4) is 0 Å². The summed E-state index contributed by atoms with van der Waals surface area (Å²) in [6.45, 7) is 8.37. The van der Waals surface area contributed by atoms with Gasteiger partial charge in [-0.3, -0.25) is 0 Å². The summed E-state index contributed by atoms with van der Waals surface area (Å²) in [6, 6.07) is 14.4. The van der Waals surface area contributed by atoms with E-state index in [0.717, 1.165) is 41.2 Å². The standard InChI is InChI=1S/C25H27FO3/c1-24(2)15-20(16-25(3,4)29-24)23(19-10-12-21(26)13-11-19)18-8-5-17(6-9-18)7-14-22(27)28/h5-14H,15-16H2,1-4H3,(H,27,28). The minimum absolute atomic E-state index is 0.264. The number of carboxylic acid groups (broad SMARTS) is 1. The Morgan fingerprint density at radius 2 is 1.41 bits per heavy atom. The van der Waals surface area contributed by atoms with Crippen molar-refractivity contribution in [1.82, 2.24) is 0 Å². The zero-order chi connectivity index (χ0) is 21.2. The first-order valence-corrected chi connectivity index (χ1v) is 9.74. The van der Waals surface area contributed by atoms with Crippen LogP contribution in [0.25, 0.3) is 11.6 Å². The molecule has 152 valence electrons. The minimum Gasteiger partial charge on any atom is -0.478 e. The Labute approximate surface area is 171 Å². The first kappa shape index (κ1) is 21.0. The Balaban J connectivity index is 2.11. The molecule has 0 aliphatic carbocycles. The van der Waals surface area contributed by atoms with Crippen LogP contribution in [-0.4, -0.2) is 22.3 Å². The smallest absolute Gasteiger partial charge is 0.328 e. The van der Waals surface area contributed by atoms with Crippen LogP contribution in [0.2, 0.25) is 0 Å². The Hall–Kier alpha value is -2.72. The van der Waals surface area contributed by atoms with Gasteiger partial charge in [0.2, 0.25) is 0 Å². The molecule has 0 aromatic heterocycles. The van der Waals surface area contributed by atoms with Gasteiger partial charge >= 0.3 is 5.97 Å². The van der Waals surface area contributed by atoms with E-state index in [1.165, 1.54) is 17.7 Å². The molecule has 0 amide bonds. The lowest BCUT2D eigenvalue weighted by Crippen LogP contribution is -2.42. The van der Waals surface area contributed by atoms with Crippen LogP contribution in [0.5, 0.6) is 0 Å². The van der Waals surface area contributed by atoms with Gasteiger partial charge in [0.15, 0.2) is 0 Å². The van der Waals surface area contributed by atoms with Gasteiger partial charge in [0.05, 0.1) is 11.2 Å². The van der Waals surface area contributed by atoms with E-state index in [2.05, 4.69) is 27.7 Å². The van der Waals surface area contributed by atoms with E-state index in [4.69, 9.17) is 9.84 Å². The van der Waals surface area contributed by atoms with Gasteiger partial charge in [-0.25, -0.2) is 9.18 Å². The molecule has 1 N–H and O–H groups in total. The maximum atomic E-state index is 13.6. The van der Waals surface area contributed by atoms with Crippen molar-refractivity contribution in [3.63, 3.8) is 0 Å². The van der Waals surface area contributed by atoms with E-state index >= 15 is 0 Å². The molecule has 4 heteroatoms. The van der Waals surface area contributed by atoms with E-state index in [9.17, 15) is 9.18 Å². The molecule has 3 rings (SSSR count). The largest absolute Gasteiger partial charge is 0.478 e. The lowest BCUT2D eigenvalue weighted by molar-refractivity contribution is -0.138. The molecular formula is C25H27FO3. The van der Waals surface area contributed by atoms with Gasteiger partial charge in [0, 0.05) is 6.08 Å². The van der Waals surface area contributed by atoms with Crippen LogP contribution < -0.4 is 0 Å². The molecule has 1 saturated heterocycles. The summed E-state index contributed by atoms with van der Waals surface area (Å²) in [4.78, 5) is 10.8. The van der Waals surface area contributed by atoms with E-state index < -0.39 is 5.97 Å². The molecule has 0 saturated carbocycles. The Bertz CT molecular complexity index is 931. The highest BCUT2D eigenvalue weighted by Gasteiger charge is 2.37. The summed E-state index contributed by atoms with van der Waals surface area (Å²) in [5.74, 6) is -1.24. The molecule has 1 aliphatic heterocycles. The second-order valence-corrected chi connectivity index (χ2v) is 8.75. The first-order valence-electron chi connectivity index (χ1n) is 9.74. The second kappa shape index (κ2) is 7.96. The molecule has 0 unspecified atom stereocenters. The second-order valence-electron chi connectivity index (χ2n) is 8.75. The van der Waals surface area contributed by atoms with E-state index in [1.807, 2.05) is 36.4 Å². The Morgan fingerprint density at radius 1 is 0.931 bits per heavy atom. The molecule has 2 aromatic carbocycles. The summed E-state index contributed by atoms with van der Waals surface area (Å²) in [7, 11) is 0. The summed E-state index contributed by atoms with van der Waals surface area (Å²) in [5, 5.41) is 8.82. The normalized spacial score (nSPS) is 18.0. The minimum atomic E-state index is -0.977. The predicted molar refractivity (Wildman–Crippen MR) is 114 cm³/mol. The molecule has 1 aliphatic rings. The van der Waals surface area contributed by atoms with Gasteiger partial charge in [-0.15, -0.1) is 0 Å². The van der Waals surface area contributed by atoms with Crippen LogP contribution in [0.1, 0.15) is 57.2 Å². The number of rotatable bonds is 4. The number of ether oxygens (including phenoxy) is 1. The number of hydrogen-bond acceptors (Lipinski definition) is 2. The van der Waals surface area contributed by atoms with Crippen molar-refractivity contribution in [2.75, 3.05) is 0 Å². The monoisotopic (exact) mass is 394 g/mol. The van der Waals surface area contributed by atoms with Crippen LogP contribution in [0, 0.1) is 5.82 Å². The van der Waals surface area contributed by atoms with E-state index in [0.29, 0.717) is 0 Å². The van der Waals surface area contributed by atoms with Crippen LogP contribution in [-0.2, 0) is 9.53 Å². The number of aliphatic carboxylic acids is 1. The summed E-state index contributed by atoms with van der Waals surface area (Å²) in [6.07, 6.45) is 4.25. The molecule has 1 heterocycles. The van der Waals surface area contributed by atoms with E-state index in [-0.39, 0.29) is 17.0 Å². The molecule has 29 heavy (non-hydrogen) atoms. The van der Waals surface area contributed by atoms with Crippen LogP contribution in [0.4, 0.5) is 4.39 Å². The van der Waals surface area contributed by atoms with Gasteiger partial charge in [0.1, 0.15) is 5.82 Å². The van der Waals surface area contributed by atoms with Crippen LogP contribution in [0.15, 0.2) is 60.2 Å². The quantitative estimate of drug-likeness (QED) is 0.638. The molecule has 0 bridgehead atoms. The number of carbonyl (C=O) groups is 1. The molecule has 2 aromatic rings. The van der Waals surface area contributed by atoms with Crippen molar-refractivity contribution in [3.05, 3.63) is 82.7 Å². The Morgan fingerprint density at radius 3 is 1.90 bits per heavy atom. The maximum Gasteiger partial charge on any atom is 0.328 e. The van der Waals surface area contributed by atoms with Gasteiger partial charge in [-0.05, 0) is 81.0 Å². The first-order chi connectivity index (χ1) is 13.5. The topological polar surface area (TPSA) is 46.5 Å². The highest BCUT2D eigenvalue weighted by Crippen LogP contribution is 2.43. The third kappa shape index (κ3) is 5.42. The summed E-state index contributed by atoms with van der Waals surface area (Å²) >= 11 is 0. The SMILES string of the molecule is CC1(C)CC(=C(c2ccc(F)cc2)c2ccc(C=CC(=O)O)cc2)CC(C)(C)O1. The number of benzene rings is 2. The number of carboxylic acids is 1. The number of hydrogen-bond donors (Lipinski definition) is 1. The summed E-state index contributed by atoms with van der Waals surface area (Å²) < 4.78 is 19.8. The molecule has 0 atom stereocenters. The van der Waals surface area contributed by atoms with Crippen LogP contribution >= 0.6 is 0 Å². The lowest BCUT2D eigenvalue weighted by atomic mass is 9.79. The molecule has 0 radical (unpaired) electrons. The predicted octanol–water partition coefficient (Wildman–Crippen LogP) is 6.09. The zero-order valence-electron chi connectivity index (χ0n) is 17.3. The number of halogens is 1. The zero-order valence-corrected chi connectivity index (χ0v) is 17.3. The van der Waals surface area contributed by atoms with E-state index in [1.54, 1.807) is 6.08 Å². The van der Waals surface area contributed by atoms with Crippen molar-refractivity contribution in [2.45, 2.75) is 51.7 Å². The molecular weight excluding hydrogens is 367 g/mol. The van der Waals surface area contributed by atoms with Crippen molar-refractivity contribution in [3.8, 4) is 0 Å². The van der Waals surface area contributed by atoms with Crippen molar-refractivity contribution in [1.29, 1.82) is 0 Å². The molecule has 3 nitrogen and oxygen atoms in total. The maximum absolute atomic E-state index is 13.6. The van der Waals surface area contributed by atoms with Crippen molar-refractivity contribution >= 4 is 17.6 Å². The molecule has 0 spiro atoms. The third-order valence-corrected chi connectivity index (χ3v) is 4.93. The Kier molecular flexibility index (Phi) is 5.76. The fourth-order valence-corrected chi connectivity index (χ4v) is 4.21. The van der Waals surface area contributed by atoms with Crippen molar-refractivity contribution in [2.24, 2.45) is 0 Å². The van der Waals surface area contributed by atoms with Gasteiger partial charge in [-0.1, -0.05) is 42.0 Å². The average Bonchev–Trinajstić information content (AvgIpc) is 2.60. The van der Waals surface area contributed by atoms with Gasteiger partial charge < -0.3 is 9.84 Å². The fourth-order valence-electron chi connectivity index (χ4n) is 4.21. The van der Waals surface area contributed by atoms with Crippen molar-refractivity contribution < 1.29 is 19.0 Å². The fraction of sp³-hybridized carbons (Fsp3) is 0.320.